The van der Waals surface area contributed by atoms with Crippen LogP contribution in [0.25, 0.3) is 11.3 Å². The minimum atomic E-state index is 0.186. The van der Waals surface area contributed by atoms with E-state index >= 15 is 0 Å². The van der Waals surface area contributed by atoms with E-state index in [1.54, 1.807) is 4.90 Å². The minimum Gasteiger partial charge on any atom is -0.399 e. The Balaban J connectivity index is 1.20. The predicted molar refractivity (Wildman–Crippen MR) is 116 cm³/mol. The fraction of sp³-hybridized carbons (Fsp3) is 0.609. The van der Waals surface area contributed by atoms with Gasteiger partial charge in [-0.1, -0.05) is 36.6 Å². The zero-order chi connectivity index (χ0) is 20.5. The molecule has 2 aromatic rings. The Labute approximate surface area is 178 Å². The first-order valence-corrected chi connectivity index (χ1v) is 11.6. The quantitative estimate of drug-likeness (QED) is 0.649. The first-order valence-electron chi connectivity index (χ1n) is 11.6. The van der Waals surface area contributed by atoms with E-state index in [0.29, 0.717) is 23.9 Å². The maximum absolute atomic E-state index is 12.9. The first kappa shape index (κ1) is 19.5. The van der Waals surface area contributed by atoms with Crippen LogP contribution < -0.4 is 16.0 Å². The highest BCUT2D eigenvalue weighted by Crippen LogP contribution is 2.29. The van der Waals surface area contributed by atoms with E-state index in [4.69, 9.17) is 5.73 Å². The molecular formula is C23H33N6O+. The number of anilines is 1. The van der Waals surface area contributed by atoms with Gasteiger partial charge >= 0.3 is 0 Å². The van der Waals surface area contributed by atoms with Gasteiger partial charge in [0.15, 0.2) is 0 Å². The SMILES string of the molecule is Nc1cccc(-c2cn(C[C@H]3C[C@@H]4CC[NH+]3C[C@@H]4C(=O)NC3CCCCC3)nn2)c1. The van der Waals surface area contributed by atoms with Crippen LogP contribution in [0.1, 0.15) is 44.9 Å². The maximum Gasteiger partial charge on any atom is 0.229 e. The monoisotopic (exact) mass is 409 g/mol. The molecule has 30 heavy (non-hydrogen) atoms. The van der Waals surface area contributed by atoms with Gasteiger partial charge in [-0.2, -0.15) is 0 Å². The van der Waals surface area contributed by atoms with Crippen molar-refractivity contribution in [3.63, 3.8) is 0 Å². The molecule has 6 rings (SSSR count). The van der Waals surface area contributed by atoms with Crippen LogP contribution in [-0.4, -0.2) is 46.1 Å². The zero-order valence-electron chi connectivity index (χ0n) is 17.6. The molecule has 7 heteroatoms. The average molecular weight is 410 g/mol. The molecule has 1 aliphatic carbocycles. The number of nitrogen functional groups attached to an aromatic ring is 1. The van der Waals surface area contributed by atoms with Gasteiger partial charge in [-0.05, 0) is 30.9 Å². The Morgan fingerprint density at radius 3 is 2.87 bits per heavy atom. The van der Waals surface area contributed by atoms with Crippen LogP contribution in [-0.2, 0) is 11.3 Å². The molecule has 4 fully saturated rings. The van der Waals surface area contributed by atoms with Crippen molar-refractivity contribution in [3.05, 3.63) is 30.5 Å². The number of piperidine rings is 3. The third-order valence-electron chi connectivity index (χ3n) is 7.47. The number of carbonyl (C=O) groups is 1. The minimum absolute atomic E-state index is 0.186. The topological polar surface area (TPSA) is 90.3 Å². The van der Waals surface area contributed by atoms with Crippen molar-refractivity contribution in [2.75, 3.05) is 18.8 Å². The Morgan fingerprint density at radius 1 is 1.23 bits per heavy atom. The molecule has 160 valence electrons. The molecular weight excluding hydrogens is 376 g/mol. The molecule has 1 saturated carbocycles. The van der Waals surface area contributed by atoms with Crippen LogP contribution in [0.2, 0.25) is 0 Å². The standard InChI is InChI=1S/C23H32N6O/c24-18-6-4-5-17(11-18)22-15-29(27-26-22)13-20-12-16-9-10-28(20)14-21(16)23(30)25-19-7-2-1-3-8-19/h4-6,11,15-16,19-21H,1-3,7-10,12-14,24H2,(H,25,30)/p+1/t16-,20+,21-/m0/s1. The van der Waals surface area contributed by atoms with Gasteiger partial charge in [-0.3, -0.25) is 4.79 Å². The van der Waals surface area contributed by atoms with Crippen molar-refractivity contribution in [1.29, 1.82) is 0 Å². The molecule has 1 amide bonds. The second kappa shape index (κ2) is 8.38. The van der Waals surface area contributed by atoms with Crippen LogP contribution in [0, 0.1) is 11.8 Å². The summed E-state index contributed by atoms with van der Waals surface area (Å²) in [4.78, 5) is 14.5. The fourth-order valence-corrected chi connectivity index (χ4v) is 5.82. The summed E-state index contributed by atoms with van der Waals surface area (Å²) in [6.07, 6.45) is 10.4. The number of hydrogen-bond donors (Lipinski definition) is 3. The lowest BCUT2D eigenvalue weighted by Crippen LogP contribution is -3.20. The maximum atomic E-state index is 12.9. The van der Waals surface area contributed by atoms with Crippen molar-refractivity contribution < 1.29 is 9.69 Å². The molecule has 4 aliphatic rings. The van der Waals surface area contributed by atoms with Gasteiger partial charge in [0.2, 0.25) is 5.91 Å². The van der Waals surface area contributed by atoms with Crippen LogP contribution >= 0.6 is 0 Å². The summed E-state index contributed by atoms with van der Waals surface area (Å²) in [7, 11) is 0. The second-order valence-corrected chi connectivity index (χ2v) is 9.50. The number of quaternary nitrogens is 1. The molecule has 4 N–H and O–H groups in total. The van der Waals surface area contributed by atoms with Gasteiger partial charge in [-0.15, -0.1) is 5.10 Å². The smallest absolute Gasteiger partial charge is 0.229 e. The predicted octanol–water partition coefficient (Wildman–Crippen LogP) is 1.27. The largest absolute Gasteiger partial charge is 0.399 e. The van der Waals surface area contributed by atoms with Crippen LogP contribution in [0.4, 0.5) is 5.69 Å². The van der Waals surface area contributed by atoms with Gasteiger partial charge in [0.05, 0.1) is 31.7 Å². The second-order valence-electron chi connectivity index (χ2n) is 9.50. The summed E-state index contributed by atoms with van der Waals surface area (Å²) in [6.45, 7) is 2.99. The van der Waals surface area contributed by atoms with Crippen LogP contribution in [0.15, 0.2) is 30.5 Å². The highest BCUT2D eigenvalue weighted by Gasteiger charge is 2.46. The van der Waals surface area contributed by atoms with Gasteiger partial charge < -0.3 is 16.0 Å². The Hall–Kier alpha value is -2.41. The summed E-state index contributed by atoms with van der Waals surface area (Å²) in [5.41, 5.74) is 8.49. The van der Waals surface area contributed by atoms with Crippen molar-refractivity contribution in [1.82, 2.24) is 20.3 Å². The number of rotatable bonds is 5. The normalized spacial score (nSPS) is 29.1. The summed E-state index contributed by atoms with van der Waals surface area (Å²) in [5, 5.41) is 12.1. The van der Waals surface area contributed by atoms with E-state index < -0.39 is 0 Å². The lowest BCUT2D eigenvalue weighted by Gasteiger charge is -2.46. The Morgan fingerprint density at radius 2 is 2.10 bits per heavy atom. The Kier molecular flexibility index (Phi) is 5.46. The molecule has 1 aromatic carbocycles. The summed E-state index contributed by atoms with van der Waals surface area (Å²) in [6, 6.07) is 8.69. The summed E-state index contributed by atoms with van der Waals surface area (Å²) in [5.74, 6) is 1.01. The molecule has 7 nitrogen and oxygen atoms in total. The zero-order valence-corrected chi connectivity index (χ0v) is 17.6. The van der Waals surface area contributed by atoms with Gasteiger partial charge in [0.1, 0.15) is 11.7 Å². The van der Waals surface area contributed by atoms with Gasteiger partial charge in [0, 0.05) is 30.1 Å². The lowest BCUT2D eigenvalue weighted by molar-refractivity contribution is -0.945. The van der Waals surface area contributed by atoms with Crippen molar-refractivity contribution >= 4 is 11.6 Å². The fourth-order valence-electron chi connectivity index (χ4n) is 5.82. The molecule has 3 saturated heterocycles. The molecule has 4 heterocycles. The Bertz CT molecular complexity index is 889. The lowest BCUT2D eigenvalue weighted by atomic mass is 9.75. The number of fused-ring (bicyclic) bond motifs is 3. The molecule has 1 unspecified atom stereocenters. The molecule has 1 aromatic heterocycles. The summed E-state index contributed by atoms with van der Waals surface area (Å²) < 4.78 is 1.97. The van der Waals surface area contributed by atoms with Crippen molar-refractivity contribution in [2.45, 2.75) is 63.6 Å². The van der Waals surface area contributed by atoms with E-state index in [9.17, 15) is 4.79 Å². The van der Waals surface area contributed by atoms with E-state index in [1.807, 2.05) is 35.1 Å². The van der Waals surface area contributed by atoms with E-state index in [-0.39, 0.29) is 5.92 Å². The number of carbonyl (C=O) groups excluding carboxylic acids is 1. The third-order valence-corrected chi connectivity index (χ3v) is 7.47. The molecule has 4 atom stereocenters. The van der Waals surface area contributed by atoms with Crippen molar-refractivity contribution in [3.8, 4) is 11.3 Å². The first-order chi connectivity index (χ1) is 14.7. The van der Waals surface area contributed by atoms with E-state index in [0.717, 1.165) is 49.3 Å². The number of benzene rings is 1. The van der Waals surface area contributed by atoms with Crippen molar-refractivity contribution in [2.24, 2.45) is 11.8 Å². The number of nitrogens with one attached hydrogen (secondary N) is 2. The van der Waals surface area contributed by atoms with Gasteiger partial charge in [0.25, 0.3) is 0 Å². The highest BCUT2D eigenvalue weighted by molar-refractivity contribution is 5.79. The molecule has 0 radical (unpaired) electrons. The number of hydrogen-bond acceptors (Lipinski definition) is 4. The number of aromatic nitrogens is 3. The third kappa shape index (κ3) is 4.08. The number of amides is 1. The van der Waals surface area contributed by atoms with Gasteiger partial charge in [-0.25, -0.2) is 4.68 Å². The number of nitrogens with zero attached hydrogens (tertiary/aromatic N) is 3. The molecule has 0 spiro atoms. The average Bonchev–Trinajstić information content (AvgIpc) is 3.23. The number of nitrogens with two attached hydrogens (primary N) is 1. The van der Waals surface area contributed by atoms with Crippen LogP contribution in [0.5, 0.6) is 0 Å². The van der Waals surface area contributed by atoms with Crippen LogP contribution in [0.3, 0.4) is 0 Å². The summed E-state index contributed by atoms with van der Waals surface area (Å²) >= 11 is 0. The molecule has 2 bridgehead atoms. The molecule has 3 aliphatic heterocycles. The van der Waals surface area contributed by atoms with E-state index in [2.05, 4.69) is 15.6 Å². The highest BCUT2D eigenvalue weighted by atomic mass is 16.2. The van der Waals surface area contributed by atoms with E-state index in [1.165, 1.54) is 32.2 Å².